The molecule has 6 fully saturated rings. The Morgan fingerprint density at radius 2 is 1.83 bits per heavy atom. The first-order chi connectivity index (χ1) is 16.0. The summed E-state index contributed by atoms with van der Waals surface area (Å²) in [7, 11) is 0. The maximum Gasteiger partial charge on any atom is 0.355 e. The molecule has 202 valence electrons. The topological polar surface area (TPSA) is 173 Å². The van der Waals surface area contributed by atoms with Crippen LogP contribution in [-0.2, 0) is 9.47 Å². The smallest absolute Gasteiger partial charge is 0.355 e. The van der Waals surface area contributed by atoms with Crippen LogP contribution in [0.2, 0.25) is 0 Å². The Hall–Kier alpha value is -1.24. The molecule has 7 rings (SSSR count). The number of carbonyl (C=O) groups is 1. The van der Waals surface area contributed by atoms with Crippen molar-refractivity contribution in [3.8, 4) is 0 Å². The van der Waals surface area contributed by atoms with E-state index in [-0.39, 0.29) is 30.9 Å². The van der Waals surface area contributed by atoms with Crippen molar-refractivity contribution in [2.24, 2.45) is 22.7 Å². The van der Waals surface area contributed by atoms with Gasteiger partial charge in [-0.1, -0.05) is 27.7 Å². The molecule has 11 atom stereocenters. The van der Waals surface area contributed by atoms with Crippen molar-refractivity contribution in [3.63, 3.8) is 0 Å². The van der Waals surface area contributed by atoms with E-state index in [9.17, 15) is 35.4 Å². The molecule has 36 heavy (non-hydrogen) atoms. The molecule has 10 nitrogen and oxygen atoms in total. The van der Waals surface area contributed by atoms with Gasteiger partial charge in [0.15, 0.2) is 17.5 Å². The monoisotopic (exact) mass is 529 g/mol. The Kier molecular flexibility index (Phi) is 4.88. The molecule has 11 heteroatoms. The van der Waals surface area contributed by atoms with Crippen LogP contribution in [0.3, 0.4) is 0 Å². The van der Waals surface area contributed by atoms with Crippen LogP contribution in [0.1, 0.15) is 64.4 Å². The first kappa shape index (κ1) is 26.4. The number of nitrogens with one attached hydrogen (secondary N) is 1. The lowest BCUT2D eigenvalue weighted by molar-refractivity contribution is -0.390. The Balaban J connectivity index is 0.00000267. The summed E-state index contributed by atoms with van der Waals surface area (Å²) in [4.78, 5) is 15.9. The van der Waals surface area contributed by atoms with Crippen LogP contribution < -0.4 is 0 Å². The summed E-state index contributed by atoms with van der Waals surface area (Å²) in [6.07, 6.45) is -1.63. The number of halogens is 1. The highest BCUT2D eigenvalue weighted by Crippen LogP contribution is 2.90. The van der Waals surface area contributed by atoms with Crippen molar-refractivity contribution >= 4 is 18.4 Å². The SMILES string of the molecule is CC(C)[C@@]1(O)[C@@H](OC(=O)c2ccc[nH]2)[C@@]2(O)[C@@]3(C)C[C@]4(O)O[C@@]5([C@H](O)[C@@H](C)CC[C@]35O)[C@@]2(O)[C@@]14C.Cl. The van der Waals surface area contributed by atoms with Gasteiger partial charge >= 0.3 is 5.97 Å². The summed E-state index contributed by atoms with van der Waals surface area (Å²) < 4.78 is 12.1. The second-order valence-corrected chi connectivity index (χ2v) is 12.4. The van der Waals surface area contributed by atoms with Gasteiger partial charge in [-0.25, -0.2) is 4.79 Å². The fraction of sp³-hybridized carbons (Fsp3) is 0.800. The van der Waals surface area contributed by atoms with E-state index in [4.69, 9.17) is 9.47 Å². The molecule has 1 aromatic heterocycles. The first-order valence-electron chi connectivity index (χ1n) is 12.4. The third-order valence-electron chi connectivity index (χ3n) is 11.3. The van der Waals surface area contributed by atoms with Crippen LogP contribution in [0.15, 0.2) is 18.3 Å². The third-order valence-corrected chi connectivity index (χ3v) is 11.3. The number of esters is 1. The summed E-state index contributed by atoms with van der Waals surface area (Å²) >= 11 is 0. The van der Waals surface area contributed by atoms with E-state index in [0.29, 0.717) is 6.42 Å². The van der Waals surface area contributed by atoms with Crippen LogP contribution in [-0.4, -0.2) is 87.6 Å². The molecular weight excluding hydrogens is 494 g/mol. The van der Waals surface area contributed by atoms with Crippen LogP contribution in [0.5, 0.6) is 0 Å². The average Bonchev–Trinajstić information content (AvgIpc) is 3.41. The van der Waals surface area contributed by atoms with Crippen molar-refractivity contribution in [1.82, 2.24) is 4.98 Å². The predicted molar refractivity (Wildman–Crippen MR) is 126 cm³/mol. The number of carbonyl (C=O) groups excluding carboxylic acids is 1. The highest BCUT2D eigenvalue weighted by atomic mass is 35.5. The van der Waals surface area contributed by atoms with Gasteiger partial charge in [0.2, 0.25) is 0 Å². The van der Waals surface area contributed by atoms with Gasteiger partial charge in [-0.05, 0) is 43.7 Å². The molecule has 1 spiro atoms. The van der Waals surface area contributed by atoms with Gasteiger partial charge in [0, 0.05) is 18.0 Å². The highest BCUT2D eigenvalue weighted by molar-refractivity contribution is 5.87. The van der Waals surface area contributed by atoms with E-state index >= 15 is 0 Å². The molecule has 6 bridgehead atoms. The highest BCUT2D eigenvalue weighted by Gasteiger charge is 3.10. The first-order valence-corrected chi connectivity index (χ1v) is 12.4. The van der Waals surface area contributed by atoms with Gasteiger partial charge in [0.25, 0.3) is 0 Å². The maximum absolute atomic E-state index is 13.2. The number of aliphatic hydroxyl groups excluding tert-OH is 1. The van der Waals surface area contributed by atoms with E-state index in [1.807, 2.05) is 0 Å². The zero-order chi connectivity index (χ0) is 25.8. The van der Waals surface area contributed by atoms with Crippen molar-refractivity contribution in [3.05, 3.63) is 24.0 Å². The Bertz CT molecular complexity index is 1130. The van der Waals surface area contributed by atoms with E-state index in [0.717, 1.165) is 0 Å². The minimum atomic E-state index is -2.59. The zero-order valence-electron chi connectivity index (χ0n) is 21.0. The minimum Gasteiger partial charge on any atom is -0.451 e. The van der Waals surface area contributed by atoms with Gasteiger partial charge in [-0.2, -0.15) is 0 Å². The number of hydrogen-bond donors (Lipinski definition) is 7. The number of hydrogen-bond acceptors (Lipinski definition) is 9. The Morgan fingerprint density at radius 1 is 1.19 bits per heavy atom. The summed E-state index contributed by atoms with van der Waals surface area (Å²) in [5.74, 6) is -4.34. The van der Waals surface area contributed by atoms with Crippen molar-refractivity contribution in [2.45, 2.75) is 99.9 Å². The molecule has 3 heterocycles. The number of H-pyrrole nitrogens is 1. The molecule has 6 aliphatic rings. The van der Waals surface area contributed by atoms with Gasteiger partial charge in [-0.15, -0.1) is 12.4 Å². The Morgan fingerprint density at radius 3 is 2.39 bits per heavy atom. The van der Waals surface area contributed by atoms with E-state index in [2.05, 4.69) is 4.98 Å². The second-order valence-electron chi connectivity index (χ2n) is 12.4. The van der Waals surface area contributed by atoms with Gasteiger partial charge < -0.3 is 45.1 Å². The van der Waals surface area contributed by atoms with Gasteiger partial charge in [0.1, 0.15) is 28.1 Å². The molecule has 7 N–H and O–H groups in total. The summed E-state index contributed by atoms with van der Waals surface area (Å²) in [5.41, 5.74) is -15.2. The van der Waals surface area contributed by atoms with Gasteiger partial charge in [-0.3, -0.25) is 0 Å². The molecule has 2 saturated heterocycles. The molecule has 0 unspecified atom stereocenters. The van der Waals surface area contributed by atoms with Crippen LogP contribution in [0.25, 0.3) is 0 Å². The minimum absolute atomic E-state index is 0. The average molecular weight is 530 g/mol. The molecule has 0 aromatic carbocycles. The fourth-order valence-electron chi connectivity index (χ4n) is 9.56. The number of ether oxygens (including phenoxy) is 2. The predicted octanol–water partition coefficient (Wildman–Crippen LogP) is 0.234. The van der Waals surface area contributed by atoms with Crippen LogP contribution in [0.4, 0.5) is 0 Å². The summed E-state index contributed by atoms with van der Waals surface area (Å²) in [5, 5.41) is 73.9. The molecule has 2 aliphatic heterocycles. The molecule has 4 aliphatic carbocycles. The Labute approximate surface area is 215 Å². The summed E-state index contributed by atoms with van der Waals surface area (Å²) in [6.45, 7) is 7.91. The van der Waals surface area contributed by atoms with E-state index in [1.54, 1.807) is 26.8 Å². The second kappa shape index (κ2) is 6.66. The van der Waals surface area contributed by atoms with E-state index in [1.165, 1.54) is 26.1 Å². The standard InChI is InChI=1S/C25H35NO9.ClH/c1-12(2)22(31)17(34-16(28)14-7-6-10-26-14)23(32)18(4)11-21(30)19(22,5)25(23,33)24(35-21)15(27)13(3)8-9-20(18,24)29;/h6-7,10,12-13,15,17,26-27,29-33H,8-9,11H2,1-5H3;1H/t13-,15+,17+,18-,19+,20-,21-,22+,23+,24+,25+;/m0./s1. The van der Waals surface area contributed by atoms with Crippen LogP contribution in [0, 0.1) is 22.7 Å². The third kappa shape index (κ3) is 1.90. The zero-order valence-corrected chi connectivity index (χ0v) is 21.8. The number of aliphatic hydroxyl groups is 6. The number of rotatable bonds is 3. The number of aromatic nitrogens is 1. The van der Waals surface area contributed by atoms with Crippen molar-refractivity contribution in [2.75, 3.05) is 0 Å². The van der Waals surface area contributed by atoms with Crippen LogP contribution >= 0.6 is 12.4 Å². The van der Waals surface area contributed by atoms with Gasteiger partial charge in [0.05, 0.1) is 11.5 Å². The summed E-state index contributed by atoms with van der Waals surface area (Å²) in [6, 6.07) is 3.06. The molecule has 0 amide bonds. The van der Waals surface area contributed by atoms with Crippen molar-refractivity contribution < 1.29 is 44.9 Å². The fourth-order valence-corrected chi connectivity index (χ4v) is 9.56. The van der Waals surface area contributed by atoms with Crippen molar-refractivity contribution in [1.29, 1.82) is 0 Å². The lowest BCUT2D eigenvalue weighted by Gasteiger charge is -2.60. The quantitative estimate of drug-likeness (QED) is 0.271. The lowest BCUT2D eigenvalue weighted by atomic mass is 9.52. The maximum atomic E-state index is 13.2. The molecular formula is C25H36ClNO9. The lowest BCUT2D eigenvalue weighted by Crippen LogP contribution is -2.75. The molecule has 4 saturated carbocycles. The number of aromatic amines is 1. The van der Waals surface area contributed by atoms with E-state index < -0.39 is 74.6 Å². The molecule has 0 radical (unpaired) electrons. The normalized spacial score (nSPS) is 58.2. The largest absolute Gasteiger partial charge is 0.451 e. The molecule has 1 aromatic rings.